The zero-order valence-electron chi connectivity index (χ0n) is 20.5. The summed E-state index contributed by atoms with van der Waals surface area (Å²) in [5.74, 6) is 4.00. The van der Waals surface area contributed by atoms with Crippen molar-refractivity contribution < 1.29 is 4.79 Å². The Bertz CT molecular complexity index is 1540. The first-order valence-corrected chi connectivity index (χ1v) is 16.2. The molecule has 1 saturated heterocycles. The first-order chi connectivity index (χ1) is 18.0. The topological polar surface area (TPSA) is 100 Å². The molecule has 3 aromatic heterocycles. The lowest BCUT2D eigenvalue weighted by Gasteiger charge is -2.33. The van der Waals surface area contributed by atoms with E-state index < -0.39 is 5.91 Å². The van der Waals surface area contributed by atoms with Gasteiger partial charge in [0.15, 0.2) is 0 Å². The van der Waals surface area contributed by atoms with Crippen molar-refractivity contribution in [3.63, 3.8) is 0 Å². The van der Waals surface area contributed by atoms with E-state index in [9.17, 15) is 4.79 Å². The van der Waals surface area contributed by atoms with E-state index in [1.807, 2.05) is 24.3 Å². The second kappa shape index (κ2) is 11.4. The highest BCUT2D eigenvalue weighted by Crippen LogP contribution is 2.40. The number of rotatable bonds is 6. The van der Waals surface area contributed by atoms with Crippen LogP contribution in [0.4, 0.5) is 11.5 Å². The minimum absolute atomic E-state index is 0.423. The number of pyridine rings is 1. The van der Waals surface area contributed by atoms with Crippen LogP contribution in [0.1, 0.15) is 28.8 Å². The SMILES string of the molecule is CCCNc1c(C(N)=O)sc2ccc3nc(-c4cc(N5CCN(C)CC5)nc(C#CSI)n4)ccc3c12. The second-order valence-electron chi connectivity index (χ2n) is 8.83. The Morgan fingerprint density at radius 1 is 1.16 bits per heavy atom. The fourth-order valence-electron chi connectivity index (χ4n) is 4.42. The Morgan fingerprint density at radius 3 is 2.70 bits per heavy atom. The molecule has 5 rings (SSSR count). The highest BCUT2D eigenvalue weighted by Gasteiger charge is 2.20. The Hall–Kier alpha value is -2.66. The molecule has 8 nitrogen and oxygen atoms in total. The fourth-order valence-corrected chi connectivity index (χ4v) is 5.93. The number of carbonyl (C=O) groups is 1. The summed E-state index contributed by atoms with van der Waals surface area (Å²) < 4.78 is 1.00. The molecule has 1 fully saturated rings. The van der Waals surface area contributed by atoms with E-state index in [0.29, 0.717) is 10.7 Å². The summed E-state index contributed by atoms with van der Waals surface area (Å²) in [5, 5.41) is 8.37. The molecule has 0 bridgehead atoms. The zero-order chi connectivity index (χ0) is 25.9. The summed E-state index contributed by atoms with van der Waals surface area (Å²) >= 11 is 3.56. The molecular weight excluding hydrogens is 617 g/mol. The van der Waals surface area contributed by atoms with Gasteiger partial charge in [-0.1, -0.05) is 6.92 Å². The number of thiophene rings is 1. The molecule has 0 spiro atoms. The van der Waals surface area contributed by atoms with E-state index >= 15 is 0 Å². The Labute approximate surface area is 236 Å². The van der Waals surface area contributed by atoms with Crippen molar-refractivity contribution in [1.82, 2.24) is 19.9 Å². The second-order valence-corrected chi connectivity index (χ2v) is 11.6. The number of halogens is 1. The predicted octanol–water partition coefficient (Wildman–Crippen LogP) is 4.97. The van der Waals surface area contributed by atoms with Crippen molar-refractivity contribution in [2.45, 2.75) is 13.3 Å². The van der Waals surface area contributed by atoms with Crippen LogP contribution in [0.3, 0.4) is 0 Å². The number of likely N-dealkylation sites (N-methyl/N-ethyl adjacent to an activating group) is 1. The van der Waals surface area contributed by atoms with Gasteiger partial charge in [0.2, 0.25) is 5.82 Å². The molecule has 11 heteroatoms. The van der Waals surface area contributed by atoms with E-state index in [2.05, 4.69) is 67.5 Å². The number of hydrogen-bond acceptors (Lipinski definition) is 9. The number of benzene rings is 1. The normalized spacial score (nSPS) is 14.1. The first-order valence-electron chi connectivity index (χ1n) is 12.0. The van der Waals surface area contributed by atoms with E-state index in [-0.39, 0.29) is 0 Å². The van der Waals surface area contributed by atoms with Gasteiger partial charge in [-0.3, -0.25) is 4.79 Å². The predicted molar refractivity (Wildman–Crippen MR) is 164 cm³/mol. The minimum Gasteiger partial charge on any atom is -0.383 e. The lowest BCUT2D eigenvalue weighted by Crippen LogP contribution is -2.44. The maximum atomic E-state index is 12.2. The van der Waals surface area contributed by atoms with Crippen LogP contribution in [0.15, 0.2) is 30.3 Å². The van der Waals surface area contributed by atoms with Gasteiger partial charge in [-0.2, -0.15) is 0 Å². The van der Waals surface area contributed by atoms with Gasteiger partial charge < -0.3 is 20.9 Å². The molecule has 1 aliphatic rings. The van der Waals surface area contributed by atoms with Crippen LogP contribution in [0, 0.1) is 11.2 Å². The standard InChI is InChI=1S/C26H26IN7OS2/c1-3-9-29-24-23-16-4-5-18(30-17(16)6-7-20(23)37-25(24)26(28)35)19-15-22(32-21(31-19)8-14-36-27)34-12-10-33(2)11-13-34/h4-7,15,29H,3,9-13H2,1-2H3,(H2,28,35). The van der Waals surface area contributed by atoms with Crippen molar-refractivity contribution in [1.29, 1.82) is 0 Å². The third-order valence-electron chi connectivity index (χ3n) is 6.30. The van der Waals surface area contributed by atoms with Crippen LogP contribution in [0.2, 0.25) is 0 Å². The monoisotopic (exact) mass is 643 g/mol. The number of hydrogen-bond donors (Lipinski definition) is 2. The smallest absolute Gasteiger partial charge is 0.260 e. The van der Waals surface area contributed by atoms with Crippen LogP contribution in [-0.4, -0.2) is 65.5 Å². The molecule has 0 atom stereocenters. The molecule has 1 aliphatic heterocycles. The van der Waals surface area contributed by atoms with E-state index in [4.69, 9.17) is 20.7 Å². The third-order valence-corrected chi connectivity index (χ3v) is 8.31. The van der Waals surface area contributed by atoms with Gasteiger partial charge in [0, 0.05) is 75.5 Å². The molecule has 0 saturated carbocycles. The minimum atomic E-state index is -0.423. The average Bonchev–Trinajstić information content (AvgIpc) is 3.30. The van der Waals surface area contributed by atoms with Crippen LogP contribution in [0.5, 0.6) is 0 Å². The van der Waals surface area contributed by atoms with Gasteiger partial charge in [-0.05, 0) is 57.8 Å². The summed E-state index contributed by atoms with van der Waals surface area (Å²) in [4.78, 5) is 31.7. The fraction of sp³-hybridized carbons (Fsp3) is 0.308. The van der Waals surface area contributed by atoms with Gasteiger partial charge in [0.05, 0.1) is 22.6 Å². The van der Waals surface area contributed by atoms with Gasteiger partial charge >= 0.3 is 0 Å². The first kappa shape index (κ1) is 26.0. The van der Waals surface area contributed by atoms with Crippen molar-refractivity contribution in [3.8, 4) is 22.6 Å². The third kappa shape index (κ3) is 5.47. The van der Waals surface area contributed by atoms with Gasteiger partial charge in [0.1, 0.15) is 10.7 Å². The number of carbonyl (C=O) groups excluding carboxylic acids is 1. The number of amides is 1. The molecule has 0 aliphatic carbocycles. The highest BCUT2D eigenvalue weighted by atomic mass is 127. The molecule has 0 radical (unpaired) electrons. The molecule has 4 heterocycles. The average molecular weight is 644 g/mol. The number of piperazine rings is 1. The molecule has 3 N–H and O–H groups in total. The zero-order valence-corrected chi connectivity index (χ0v) is 24.3. The molecule has 1 amide bonds. The van der Waals surface area contributed by atoms with E-state index in [0.717, 1.165) is 83.0 Å². The molecule has 4 aromatic rings. The summed E-state index contributed by atoms with van der Waals surface area (Å²) in [6.45, 7) is 6.61. The molecule has 190 valence electrons. The Balaban J connectivity index is 1.61. The van der Waals surface area contributed by atoms with Crippen LogP contribution in [0.25, 0.3) is 32.4 Å². The number of nitrogens with one attached hydrogen (secondary N) is 1. The van der Waals surface area contributed by atoms with Crippen molar-refractivity contribution in [2.75, 3.05) is 50.0 Å². The number of aromatic nitrogens is 3. The number of nitrogens with two attached hydrogens (primary N) is 1. The quantitative estimate of drug-likeness (QED) is 0.225. The summed E-state index contributed by atoms with van der Waals surface area (Å²) in [7, 11) is 3.54. The highest BCUT2D eigenvalue weighted by molar-refractivity contribution is 14.2. The summed E-state index contributed by atoms with van der Waals surface area (Å²) in [6.07, 6.45) is 0.938. The maximum Gasteiger partial charge on any atom is 0.260 e. The van der Waals surface area contributed by atoms with Crippen molar-refractivity contribution in [3.05, 3.63) is 41.0 Å². The van der Waals surface area contributed by atoms with Gasteiger partial charge in [-0.25, -0.2) is 15.0 Å². The van der Waals surface area contributed by atoms with Gasteiger partial charge in [0.25, 0.3) is 5.91 Å². The van der Waals surface area contributed by atoms with E-state index in [1.165, 1.54) is 20.3 Å². The van der Waals surface area contributed by atoms with Gasteiger partial charge in [-0.15, -0.1) is 11.3 Å². The Kier molecular flexibility index (Phi) is 7.99. The van der Waals surface area contributed by atoms with E-state index in [1.54, 1.807) is 0 Å². The van der Waals surface area contributed by atoms with Crippen LogP contribution in [-0.2, 0) is 0 Å². The lowest BCUT2D eigenvalue weighted by atomic mass is 10.1. The molecule has 37 heavy (non-hydrogen) atoms. The largest absolute Gasteiger partial charge is 0.383 e. The number of fused-ring (bicyclic) bond motifs is 3. The van der Waals surface area contributed by atoms with Crippen LogP contribution >= 0.6 is 41.5 Å². The Morgan fingerprint density at radius 2 is 1.97 bits per heavy atom. The number of anilines is 2. The lowest BCUT2D eigenvalue weighted by molar-refractivity contribution is 0.100. The maximum absolute atomic E-state index is 12.2. The van der Waals surface area contributed by atoms with Crippen molar-refractivity contribution >= 4 is 79.9 Å². The van der Waals surface area contributed by atoms with Crippen LogP contribution < -0.4 is 16.0 Å². The number of primary amides is 1. The number of nitrogens with zero attached hydrogens (tertiary/aromatic N) is 5. The summed E-state index contributed by atoms with van der Waals surface area (Å²) in [6, 6.07) is 10.0. The van der Waals surface area contributed by atoms with Crippen molar-refractivity contribution in [2.24, 2.45) is 5.73 Å². The molecule has 0 unspecified atom stereocenters. The molecule has 1 aromatic carbocycles. The molecular formula is C26H26IN7OS2. The summed E-state index contributed by atoms with van der Waals surface area (Å²) in [5.41, 5.74) is 8.82.